The summed E-state index contributed by atoms with van der Waals surface area (Å²) in [5.41, 5.74) is -1.85. The summed E-state index contributed by atoms with van der Waals surface area (Å²) in [6, 6.07) is 0. The Hall–Kier alpha value is -0.810. The fraction of sp³-hybridized carbons (Fsp3) is 0.923. The van der Waals surface area contributed by atoms with Crippen LogP contribution in [0.3, 0.4) is 0 Å². The molecule has 0 heterocycles. The first-order valence-corrected chi connectivity index (χ1v) is 6.39. The molecule has 0 radical (unpaired) electrons. The Morgan fingerprint density at radius 1 is 1.28 bits per heavy atom. The Morgan fingerprint density at radius 3 is 2.28 bits per heavy atom. The summed E-state index contributed by atoms with van der Waals surface area (Å²) >= 11 is 0. The smallest absolute Gasteiger partial charge is 0.409 e. The van der Waals surface area contributed by atoms with Gasteiger partial charge < -0.3 is 14.6 Å². The summed E-state index contributed by atoms with van der Waals surface area (Å²) in [7, 11) is 0. The van der Waals surface area contributed by atoms with Gasteiger partial charge in [-0.1, -0.05) is 0 Å². The van der Waals surface area contributed by atoms with Gasteiger partial charge in [0.1, 0.15) is 11.3 Å². The molecule has 18 heavy (non-hydrogen) atoms. The van der Waals surface area contributed by atoms with E-state index in [0.717, 1.165) is 12.8 Å². The van der Waals surface area contributed by atoms with Crippen LogP contribution in [0.4, 0.5) is 4.79 Å². The van der Waals surface area contributed by atoms with Gasteiger partial charge in [0.25, 0.3) is 0 Å². The third-order valence-electron chi connectivity index (χ3n) is 2.66. The van der Waals surface area contributed by atoms with Crippen LogP contribution in [-0.2, 0) is 9.47 Å². The van der Waals surface area contributed by atoms with Gasteiger partial charge in [0, 0.05) is 0 Å². The summed E-state index contributed by atoms with van der Waals surface area (Å²) in [5, 5.41) is 12.3. The molecule has 1 fully saturated rings. The normalized spacial score (nSPS) is 18.3. The summed E-state index contributed by atoms with van der Waals surface area (Å²) in [4.78, 5) is 11.6. The minimum absolute atomic E-state index is 0.416. The van der Waals surface area contributed by atoms with E-state index in [9.17, 15) is 9.90 Å². The zero-order chi connectivity index (χ0) is 14.0. The number of alkyl carbamates (subject to hydrolysis) is 1. The van der Waals surface area contributed by atoms with Gasteiger partial charge in [-0.05, 0) is 53.9 Å². The maximum atomic E-state index is 11.6. The minimum atomic E-state index is -0.798. The van der Waals surface area contributed by atoms with Crippen LogP contribution in [-0.4, -0.2) is 34.7 Å². The summed E-state index contributed by atoms with van der Waals surface area (Å²) in [5.74, 6) is 0. The Morgan fingerprint density at radius 2 is 1.83 bits per heavy atom. The van der Waals surface area contributed by atoms with Crippen molar-refractivity contribution in [1.82, 2.24) is 5.32 Å². The number of hydrogen-bond donors (Lipinski definition) is 2. The van der Waals surface area contributed by atoms with Crippen molar-refractivity contribution in [2.75, 3.05) is 6.61 Å². The lowest BCUT2D eigenvalue weighted by Crippen LogP contribution is -2.48. The second kappa shape index (κ2) is 5.05. The van der Waals surface area contributed by atoms with E-state index in [4.69, 9.17) is 9.47 Å². The molecule has 2 N–H and O–H groups in total. The SMILES string of the molecule is CC(C)(C)OC(=O)NC(C)(C)OCCC1(O)CC1. The summed E-state index contributed by atoms with van der Waals surface area (Å²) < 4.78 is 10.7. The van der Waals surface area contributed by atoms with E-state index in [0.29, 0.717) is 13.0 Å². The van der Waals surface area contributed by atoms with E-state index in [-0.39, 0.29) is 0 Å². The highest BCUT2D eigenvalue weighted by Gasteiger charge is 2.40. The number of rotatable bonds is 5. The lowest BCUT2D eigenvalue weighted by molar-refractivity contribution is -0.0591. The van der Waals surface area contributed by atoms with Gasteiger partial charge in [0.15, 0.2) is 0 Å². The molecular formula is C13H25NO4. The number of carbonyl (C=O) groups is 1. The molecule has 0 aromatic heterocycles. The largest absolute Gasteiger partial charge is 0.444 e. The van der Waals surface area contributed by atoms with Gasteiger partial charge in [0.2, 0.25) is 0 Å². The number of amides is 1. The molecule has 0 atom stereocenters. The van der Waals surface area contributed by atoms with E-state index in [1.165, 1.54) is 0 Å². The quantitative estimate of drug-likeness (QED) is 0.743. The van der Waals surface area contributed by atoms with E-state index in [2.05, 4.69) is 5.32 Å². The summed E-state index contributed by atoms with van der Waals surface area (Å²) in [6.45, 7) is 9.36. The van der Waals surface area contributed by atoms with Gasteiger partial charge in [-0.3, -0.25) is 5.32 Å². The molecule has 1 aliphatic rings. The third-order valence-corrected chi connectivity index (χ3v) is 2.66. The van der Waals surface area contributed by atoms with Crippen LogP contribution in [0.1, 0.15) is 53.9 Å². The fourth-order valence-corrected chi connectivity index (χ4v) is 1.48. The predicted octanol–water partition coefficient (Wildman–Crippen LogP) is 2.18. The number of aliphatic hydroxyl groups is 1. The van der Waals surface area contributed by atoms with E-state index >= 15 is 0 Å². The van der Waals surface area contributed by atoms with Crippen molar-refractivity contribution in [3.05, 3.63) is 0 Å². The van der Waals surface area contributed by atoms with E-state index in [1.54, 1.807) is 13.8 Å². The first-order valence-electron chi connectivity index (χ1n) is 6.39. The van der Waals surface area contributed by atoms with E-state index < -0.39 is 23.0 Å². The van der Waals surface area contributed by atoms with Crippen LogP contribution in [0.5, 0.6) is 0 Å². The van der Waals surface area contributed by atoms with Crippen molar-refractivity contribution in [3.8, 4) is 0 Å². The van der Waals surface area contributed by atoms with Crippen molar-refractivity contribution >= 4 is 6.09 Å². The molecule has 1 amide bonds. The predicted molar refractivity (Wildman–Crippen MR) is 68.2 cm³/mol. The Bertz CT molecular complexity index is 303. The molecule has 0 aromatic carbocycles. The highest BCUT2D eigenvalue weighted by atomic mass is 16.6. The highest BCUT2D eigenvalue weighted by Crippen LogP contribution is 2.38. The maximum Gasteiger partial charge on any atom is 0.409 e. The molecule has 0 aliphatic heterocycles. The van der Waals surface area contributed by atoms with Crippen LogP contribution < -0.4 is 5.32 Å². The average molecular weight is 259 g/mol. The van der Waals surface area contributed by atoms with Gasteiger partial charge >= 0.3 is 6.09 Å². The molecule has 106 valence electrons. The standard InChI is InChI=1S/C13H25NO4/c1-11(2,3)18-10(15)14-12(4,5)17-9-8-13(16)6-7-13/h16H,6-9H2,1-5H3,(H,14,15). The molecule has 5 heteroatoms. The lowest BCUT2D eigenvalue weighted by Gasteiger charge is -2.29. The highest BCUT2D eigenvalue weighted by molar-refractivity contribution is 5.68. The van der Waals surface area contributed by atoms with Crippen molar-refractivity contribution < 1.29 is 19.4 Å². The van der Waals surface area contributed by atoms with Crippen molar-refractivity contribution in [1.29, 1.82) is 0 Å². The van der Waals surface area contributed by atoms with Crippen LogP contribution in [0.15, 0.2) is 0 Å². The number of carbonyl (C=O) groups excluding carboxylic acids is 1. The minimum Gasteiger partial charge on any atom is -0.444 e. The molecular weight excluding hydrogens is 234 g/mol. The summed E-state index contributed by atoms with van der Waals surface area (Å²) in [6.07, 6.45) is 1.79. The Balaban J connectivity index is 2.27. The Labute approximate surface area is 109 Å². The Kier molecular flexibility index (Phi) is 4.28. The van der Waals surface area contributed by atoms with Crippen LogP contribution in [0, 0.1) is 0 Å². The first kappa shape index (κ1) is 15.2. The maximum absolute atomic E-state index is 11.6. The molecule has 0 bridgehead atoms. The zero-order valence-corrected chi connectivity index (χ0v) is 12.0. The van der Waals surface area contributed by atoms with Crippen molar-refractivity contribution in [2.45, 2.75) is 70.8 Å². The number of ether oxygens (including phenoxy) is 2. The van der Waals surface area contributed by atoms with Crippen LogP contribution >= 0.6 is 0 Å². The monoisotopic (exact) mass is 259 g/mol. The number of hydrogen-bond acceptors (Lipinski definition) is 4. The van der Waals surface area contributed by atoms with Crippen LogP contribution in [0.25, 0.3) is 0 Å². The molecule has 0 saturated heterocycles. The zero-order valence-electron chi connectivity index (χ0n) is 12.0. The third kappa shape index (κ3) is 6.21. The van der Waals surface area contributed by atoms with Gasteiger partial charge in [-0.15, -0.1) is 0 Å². The molecule has 5 nitrogen and oxygen atoms in total. The molecule has 1 saturated carbocycles. The van der Waals surface area contributed by atoms with Crippen LogP contribution in [0.2, 0.25) is 0 Å². The average Bonchev–Trinajstić information content (AvgIpc) is 2.77. The second-order valence-corrected chi connectivity index (χ2v) is 6.46. The van der Waals surface area contributed by atoms with Gasteiger partial charge in [-0.25, -0.2) is 4.79 Å². The molecule has 0 aromatic rings. The second-order valence-electron chi connectivity index (χ2n) is 6.46. The molecule has 1 aliphatic carbocycles. The van der Waals surface area contributed by atoms with E-state index in [1.807, 2.05) is 20.8 Å². The number of nitrogens with one attached hydrogen (secondary N) is 1. The topological polar surface area (TPSA) is 67.8 Å². The first-order chi connectivity index (χ1) is 8.02. The molecule has 1 rings (SSSR count). The van der Waals surface area contributed by atoms with Gasteiger partial charge in [0.05, 0.1) is 12.2 Å². The molecule has 0 unspecified atom stereocenters. The van der Waals surface area contributed by atoms with Crippen molar-refractivity contribution in [2.24, 2.45) is 0 Å². The van der Waals surface area contributed by atoms with Crippen molar-refractivity contribution in [3.63, 3.8) is 0 Å². The lowest BCUT2D eigenvalue weighted by atomic mass is 10.2. The fourth-order valence-electron chi connectivity index (χ4n) is 1.48. The molecule has 0 spiro atoms. The van der Waals surface area contributed by atoms with Gasteiger partial charge in [-0.2, -0.15) is 0 Å².